The summed E-state index contributed by atoms with van der Waals surface area (Å²) in [5.74, 6) is 4.80. The van der Waals surface area contributed by atoms with Gasteiger partial charge in [0.2, 0.25) is 0 Å². The topological polar surface area (TPSA) is 29.5 Å². The second-order valence-electron chi connectivity index (χ2n) is 17.9. The average Bonchev–Trinajstić information content (AvgIpc) is 3.39. The molecule has 1 N–H and O–H groups in total. The van der Waals surface area contributed by atoms with Gasteiger partial charge < -0.3 is 9.53 Å². The maximum atomic E-state index is 10.4. The number of fused-ring (bicyclic) bond motifs is 5. The van der Waals surface area contributed by atoms with Gasteiger partial charge in [-0.25, -0.2) is 0 Å². The van der Waals surface area contributed by atoms with Crippen molar-refractivity contribution in [3.8, 4) is 0 Å². The van der Waals surface area contributed by atoms with Gasteiger partial charge in [-0.15, -0.1) is 0 Å². The van der Waals surface area contributed by atoms with Gasteiger partial charge in [0.1, 0.15) is 0 Å². The summed E-state index contributed by atoms with van der Waals surface area (Å²) < 4.78 is 7.29. The number of hydrogen-bond donors (Lipinski definition) is 1. The molecule has 0 amide bonds. The summed E-state index contributed by atoms with van der Waals surface area (Å²) in [6.45, 7) is 18.3. The van der Waals surface area contributed by atoms with Gasteiger partial charge in [0.05, 0.1) is 6.10 Å². The van der Waals surface area contributed by atoms with E-state index in [0.717, 1.165) is 49.0 Å². The van der Waals surface area contributed by atoms with Crippen molar-refractivity contribution in [1.29, 1.82) is 0 Å². The molecule has 2 nitrogen and oxygen atoms in total. The molecule has 2 aromatic carbocycles. The zero-order valence-corrected chi connectivity index (χ0v) is 31.2. The Kier molecular flexibility index (Phi) is 9.90. The Bertz CT molecular complexity index is 1290. The highest BCUT2D eigenvalue weighted by Gasteiger charge is 2.59. The molecule has 0 aromatic heterocycles. The Morgan fingerprint density at radius 1 is 0.848 bits per heavy atom. The molecule has 9 atom stereocenters. The molecule has 6 rings (SSSR count). The number of hydrogen-bond acceptors (Lipinski definition) is 2. The van der Waals surface area contributed by atoms with Crippen LogP contribution in [0.4, 0.5) is 0 Å². The lowest BCUT2D eigenvalue weighted by Gasteiger charge is -2.58. The summed E-state index contributed by atoms with van der Waals surface area (Å²) in [7, 11) is -2.47. The molecule has 3 saturated carbocycles. The van der Waals surface area contributed by atoms with Gasteiger partial charge in [0.25, 0.3) is 8.32 Å². The summed E-state index contributed by atoms with van der Waals surface area (Å²) in [5.41, 5.74) is 2.46. The first kappa shape index (κ1) is 34.2. The van der Waals surface area contributed by atoms with Gasteiger partial charge in [-0.05, 0) is 120 Å². The summed E-state index contributed by atoms with van der Waals surface area (Å²) in [6.07, 6.45) is 16.5. The first-order chi connectivity index (χ1) is 21.9. The summed E-state index contributed by atoms with van der Waals surface area (Å²) >= 11 is 0. The number of aliphatic hydroxyl groups excluding tert-OH is 1. The predicted molar refractivity (Wildman–Crippen MR) is 197 cm³/mol. The molecular weight excluding hydrogens is 577 g/mol. The van der Waals surface area contributed by atoms with Crippen LogP contribution in [-0.4, -0.2) is 26.1 Å². The molecule has 0 saturated heterocycles. The zero-order valence-electron chi connectivity index (χ0n) is 30.2. The monoisotopic (exact) mass is 640 g/mol. The highest BCUT2D eigenvalue weighted by atomic mass is 28.4. The van der Waals surface area contributed by atoms with Crippen LogP contribution in [0.25, 0.3) is 0 Å². The van der Waals surface area contributed by atoms with Gasteiger partial charge >= 0.3 is 0 Å². The molecule has 0 aliphatic heterocycles. The van der Waals surface area contributed by atoms with E-state index in [1.165, 1.54) is 68.2 Å². The highest BCUT2D eigenvalue weighted by molar-refractivity contribution is 6.99. The van der Waals surface area contributed by atoms with E-state index in [-0.39, 0.29) is 11.1 Å². The van der Waals surface area contributed by atoms with E-state index in [0.29, 0.717) is 16.7 Å². The lowest BCUT2D eigenvalue weighted by atomic mass is 9.47. The standard InChI is InChI=1S/C43H64O2Si/c1-31(30-45-46(41(3,4)5,35-17-10-8-11-18-35)36-19-12-9-13-20-36)15-14-16-32(2)38-23-24-39-37-22-21-33-29-34(44)25-27-42(33,6)40(37)26-28-43(38,39)7/h8-13,17-21,31-32,34,37-40,44H,14-16,22-30H2,1-7H3/t31-,32-,34+,37+,38-,39+,40+,42+,43-/m1/s1. The maximum Gasteiger partial charge on any atom is 0.261 e. The molecule has 0 heterocycles. The van der Waals surface area contributed by atoms with Crippen LogP contribution in [0.3, 0.4) is 0 Å². The van der Waals surface area contributed by atoms with Crippen LogP contribution in [0.15, 0.2) is 72.3 Å². The van der Waals surface area contributed by atoms with E-state index in [2.05, 4.69) is 115 Å². The zero-order chi connectivity index (χ0) is 32.7. The van der Waals surface area contributed by atoms with Crippen molar-refractivity contribution in [2.24, 2.45) is 46.3 Å². The third-order valence-corrected chi connectivity index (χ3v) is 19.2. The molecule has 2 aromatic rings. The molecule has 3 heteroatoms. The Morgan fingerprint density at radius 3 is 2.13 bits per heavy atom. The molecule has 0 spiro atoms. The normalized spacial score (nSPS) is 34.2. The number of allylic oxidation sites excluding steroid dienone is 1. The van der Waals surface area contributed by atoms with Crippen molar-refractivity contribution < 1.29 is 9.53 Å². The van der Waals surface area contributed by atoms with E-state index in [1.54, 1.807) is 5.57 Å². The fourth-order valence-electron chi connectivity index (χ4n) is 11.7. The van der Waals surface area contributed by atoms with Crippen LogP contribution in [0, 0.1) is 46.3 Å². The Morgan fingerprint density at radius 2 is 1.50 bits per heavy atom. The van der Waals surface area contributed by atoms with Crippen LogP contribution in [0.1, 0.15) is 119 Å². The average molecular weight is 641 g/mol. The van der Waals surface area contributed by atoms with Gasteiger partial charge in [-0.3, -0.25) is 0 Å². The van der Waals surface area contributed by atoms with Crippen molar-refractivity contribution in [1.82, 2.24) is 0 Å². The fourth-order valence-corrected chi connectivity index (χ4v) is 16.4. The lowest BCUT2D eigenvalue weighted by Crippen LogP contribution is -2.66. The summed E-state index contributed by atoms with van der Waals surface area (Å²) in [6, 6.07) is 22.2. The molecule has 252 valence electrons. The molecule has 0 bridgehead atoms. The highest BCUT2D eigenvalue weighted by Crippen LogP contribution is 2.67. The third-order valence-electron chi connectivity index (χ3n) is 14.2. The molecule has 4 aliphatic carbocycles. The van der Waals surface area contributed by atoms with E-state index >= 15 is 0 Å². The van der Waals surface area contributed by atoms with Crippen molar-refractivity contribution in [3.63, 3.8) is 0 Å². The number of benzene rings is 2. The van der Waals surface area contributed by atoms with E-state index in [4.69, 9.17) is 4.43 Å². The summed E-state index contributed by atoms with van der Waals surface area (Å²) in [5, 5.41) is 13.2. The van der Waals surface area contributed by atoms with E-state index < -0.39 is 8.32 Å². The van der Waals surface area contributed by atoms with Gasteiger partial charge in [0.15, 0.2) is 0 Å². The largest absolute Gasteiger partial charge is 0.407 e. The molecule has 0 radical (unpaired) electrons. The lowest BCUT2D eigenvalue weighted by molar-refractivity contribution is -0.0573. The van der Waals surface area contributed by atoms with Crippen molar-refractivity contribution in [3.05, 3.63) is 72.3 Å². The minimum absolute atomic E-state index is 0.0305. The van der Waals surface area contributed by atoms with Gasteiger partial charge in [-0.2, -0.15) is 0 Å². The first-order valence-electron chi connectivity index (χ1n) is 19.0. The summed E-state index contributed by atoms with van der Waals surface area (Å²) in [4.78, 5) is 0. The maximum absolute atomic E-state index is 10.4. The molecule has 3 fully saturated rings. The van der Waals surface area contributed by atoms with E-state index in [1.807, 2.05) is 0 Å². The van der Waals surface area contributed by atoms with E-state index in [9.17, 15) is 5.11 Å². The molecular formula is C43H64O2Si. The fraction of sp³-hybridized carbons (Fsp3) is 0.674. The Hall–Kier alpha value is -1.68. The SMILES string of the molecule is C[C@H](CCC[C@@H](C)[C@H]1CC[C@H]2[C@@H]3CC=C4C[C@@H](O)CC[C@]4(C)[C@H]3CC[C@]12C)CO[Si](c1ccccc1)(c1ccccc1)C(C)(C)C. The third kappa shape index (κ3) is 6.04. The molecule has 4 aliphatic rings. The minimum atomic E-state index is -2.47. The van der Waals surface area contributed by atoms with Gasteiger partial charge in [-0.1, -0.05) is 134 Å². The van der Waals surface area contributed by atoms with Crippen LogP contribution in [0.5, 0.6) is 0 Å². The smallest absolute Gasteiger partial charge is 0.261 e. The molecule has 0 unspecified atom stereocenters. The number of rotatable bonds is 10. The quantitative estimate of drug-likeness (QED) is 0.207. The van der Waals surface area contributed by atoms with Gasteiger partial charge in [0, 0.05) is 6.61 Å². The van der Waals surface area contributed by atoms with Crippen LogP contribution >= 0.6 is 0 Å². The second-order valence-corrected chi connectivity index (χ2v) is 22.2. The van der Waals surface area contributed by atoms with Crippen LogP contribution in [-0.2, 0) is 4.43 Å². The second kappa shape index (κ2) is 13.3. The minimum Gasteiger partial charge on any atom is -0.407 e. The first-order valence-corrected chi connectivity index (χ1v) is 20.9. The van der Waals surface area contributed by atoms with Crippen molar-refractivity contribution in [2.75, 3.05) is 6.61 Å². The Labute approximate surface area is 283 Å². The van der Waals surface area contributed by atoms with Crippen molar-refractivity contribution in [2.45, 2.75) is 130 Å². The van der Waals surface area contributed by atoms with Crippen LogP contribution in [0.2, 0.25) is 5.04 Å². The Balaban J connectivity index is 1.07. The van der Waals surface area contributed by atoms with Crippen molar-refractivity contribution >= 4 is 18.7 Å². The number of aliphatic hydroxyl groups is 1. The molecule has 46 heavy (non-hydrogen) atoms. The van der Waals surface area contributed by atoms with Crippen LogP contribution < -0.4 is 10.4 Å². The predicted octanol–water partition coefficient (Wildman–Crippen LogP) is 9.95.